The van der Waals surface area contributed by atoms with Gasteiger partial charge in [-0.05, 0) is 32.6 Å². The SMILES string of the molecule is CCCCN(C)C(=O)c1ccc(NCCN(C)C)nc1. The third-order valence-corrected chi connectivity index (χ3v) is 3.07. The molecule has 0 aliphatic rings. The summed E-state index contributed by atoms with van der Waals surface area (Å²) in [5.41, 5.74) is 0.641. The van der Waals surface area contributed by atoms with Gasteiger partial charge in [0.15, 0.2) is 0 Å². The zero-order valence-electron chi connectivity index (χ0n) is 13.0. The first kappa shape index (κ1) is 16.4. The molecular formula is C15H26N4O. The van der Waals surface area contributed by atoms with Crippen molar-refractivity contribution < 1.29 is 4.79 Å². The lowest BCUT2D eigenvalue weighted by Gasteiger charge is -2.16. The lowest BCUT2D eigenvalue weighted by Crippen LogP contribution is -2.27. The topological polar surface area (TPSA) is 48.5 Å². The quantitative estimate of drug-likeness (QED) is 0.789. The lowest BCUT2D eigenvalue weighted by molar-refractivity contribution is 0.0793. The lowest BCUT2D eigenvalue weighted by atomic mass is 10.2. The average molecular weight is 278 g/mol. The zero-order valence-corrected chi connectivity index (χ0v) is 13.0. The minimum absolute atomic E-state index is 0.0331. The van der Waals surface area contributed by atoms with Crippen LogP contribution in [0.25, 0.3) is 0 Å². The Hall–Kier alpha value is -1.62. The van der Waals surface area contributed by atoms with Crippen molar-refractivity contribution in [2.24, 2.45) is 0 Å². The molecule has 1 N–H and O–H groups in total. The molecule has 1 amide bonds. The molecule has 0 spiro atoms. The summed E-state index contributed by atoms with van der Waals surface area (Å²) in [5, 5.41) is 3.23. The van der Waals surface area contributed by atoms with Gasteiger partial charge in [-0.15, -0.1) is 0 Å². The maximum Gasteiger partial charge on any atom is 0.255 e. The van der Waals surface area contributed by atoms with E-state index in [0.717, 1.165) is 38.3 Å². The van der Waals surface area contributed by atoms with Crippen molar-refractivity contribution in [2.45, 2.75) is 19.8 Å². The van der Waals surface area contributed by atoms with Gasteiger partial charge < -0.3 is 15.1 Å². The van der Waals surface area contributed by atoms with Crippen molar-refractivity contribution in [3.05, 3.63) is 23.9 Å². The minimum atomic E-state index is 0.0331. The number of nitrogens with zero attached hydrogens (tertiary/aromatic N) is 3. The van der Waals surface area contributed by atoms with Gasteiger partial charge in [-0.1, -0.05) is 13.3 Å². The Labute approximate surface area is 122 Å². The van der Waals surface area contributed by atoms with Crippen molar-refractivity contribution in [1.29, 1.82) is 0 Å². The van der Waals surface area contributed by atoms with E-state index in [1.165, 1.54) is 0 Å². The molecule has 20 heavy (non-hydrogen) atoms. The van der Waals surface area contributed by atoms with Gasteiger partial charge in [0.05, 0.1) is 5.56 Å². The van der Waals surface area contributed by atoms with Crippen molar-refractivity contribution in [3.8, 4) is 0 Å². The predicted molar refractivity (Wildman–Crippen MR) is 83.1 cm³/mol. The third-order valence-electron chi connectivity index (χ3n) is 3.07. The molecule has 5 nitrogen and oxygen atoms in total. The van der Waals surface area contributed by atoms with Gasteiger partial charge in [0.1, 0.15) is 5.82 Å². The Bertz CT molecular complexity index is 403. The molecule has 0 aromatic carbocycles. The van der Waals surface area contributed by atoms with Crippen LogP contribution in [-0.2, 0) is 0 Å². The molecule has 0 saturated carbocycles. The molecule has 1 rings (SSSR count). The largest absolute Gasteiger partial charge is 0.369 e. The average Bonchev–Trinajstić information content (AvgIpc) is 2.44. The maximum atomic E-state index is 12.1. The molecule has 112 valence electrons. The standard InChI is InChI=1S/C15H26N4O/c1-5-6-10-19(4)15(20)13-7-8-14(17-12-13)16-9-11-18(2)3/h7-8,12H,5-6,9-11H2,1-4H3,(H,16,17). The van der Waals surface area contributed by atoms with Gasteiger partial charge in [0, 0.05) is 32.9 Å². The first-order chi connectivity index (χ1) is 9.54. The molecule has 0 saturated heterocycles. The molecule has 0 aliphatic carbocycles. The second-order valence-electron chi connectivity index (χ2n) is 5.24. The smallest absolute Gasteiger partial charge is 0.255 e. The van der Waals surface area contributed by atoms with Gasteiger partial charge in [0.25, 0.3) is 5.91 Å². The van der Waals surface area contributed by atoms with Gasteiger partial charge >= 0.3 is 0 Å². The number of aromatic nitrogens is 1. The molecule has 1 aromatic heterocycles. The van der Waals surface area contributed by atoms with E-state index in [2.05, 4.69) is 22.1 Å². The zero-order chi connectivity index (χ0) is 15.0. The Morgan fingerprint density at radius 3 is 2.55 bits per heavy atom. The second-order valence-corrected chi connectivity index (χ2v) is 5.24. The Morgan fingerprint density at radius 1 is 1.25 bits per heavy atom. The van der Waals surface area contributed by atoms with Crippen LogP contribution in [0.15, 0.2) is 18.3 Å². The summed E-state index contributed by atoms with van der Waals surface area (Å²) in [4.78, 5) is 20.3. The molecule has 0 atom stereocenters. The molecular weight excluding hydrogens is 252 g/mol. The number of unbranched alkanes of at least 4 members (excludes halogenated alkanes) is 1. The number of carbonyl (C=O) groups excluding carboxylic acids is 1. The molecule has 1 heterocycles. The number of hydrogen-bond acceptors (Lipinski definition) is 4. The number of nitrogens with one attached hydrogen (secondary N) is 1. The number of pyridine rings is 1. The summed E-state index contributed by atoms with van der Waals surface area (Å²) in [6.07, 6.45) is 3.76. The normalized spacial score (nSPS) is 10.7. The highest BCUT2D eigenvalue weighted by atomic mass is 16.2. The molecule has 0 unspecified atom stereocenters. The van der Waals surface area contributed by atoms with Crippen molar-refractivity contribution >= 4 is 11.7 Å². The van der Waals surface area contributed by atoms with Crippen molar-refractivity contribution in [3.63, 3.8) is 0 Å². The summed E-state index contributed by atoms with van der Waals surface area (Å²) < 4.78 is 0. The van der Waals surface area contributed by atoms with Gasteiger partial charge in [0.2, 0.25) is 0 Å². The van der Waals surface area contributed by atoms with E-state index in [1.807, 2.05) is 33.3 Å². The van der Waals surface area contributed by atoms with E-state index in [0.29, 0.717) is 5.56 Å². The van der Waals surface area contributed by atoms with Crippen LogP contribution < -0.4 is 5.32 Å². The fourth-order valence-corrected chi connectivity index (χ4v) is 1.75. The van der Waals surface area contributed by atoms with E-state index >= 15 is 0 Å². The number of rotatable bonds is 8. The fraction of sp³-hybridized carbons (Fsp3) is 0.600. The van der Waals surface area contributed by atoms with Crippen LogP contribution in [-0.4, -0.2) is 61.5 Å². The summed E-state index contributed by atoms with van der Waals surface area (Å²) >= 11 is 0. The maximum absolute atomic E-state index is 12.1. The highest BCUT2D eigenvalue weighted by Crippen LogP contribution is 2.07. The molecule has 0 aliphatic heterocycles. The van der Waals surface area contributed by atoms with E-state index in [9.17, 15) is 4.79 Å². The molecule has 0 fully saturated rings. The highest BCUT2D eigenvalue weighted by molar-refractivity contribution is 5.93. The minimum Gasteiger partial charge on any atom is -0.369 e. The number of anilines is 1. The summed E-state index contributed by atoms with van der Waals surface area (Å²) in [7, 11) is 5.90. The monoisotopic (exact) mass is 278 g/mol. The van der Waals surface area contributed by atoms with Crippen LogP contribution in [0, 0.1) is 0 Å². The number of carbonyl (C=O) groups is 1. The van der Waals surface area contributed by atoms with Crippen LogP contribution in [0.2, 0.25) is 0 Å². The first-order valence-electron chi connectivity index (χ1n) is 7.14. The van der Waals surface area contributed by atoms with E-state index < -0.39 is 0 Å². The highest BCUT2D eigenvalue weighted by Gasteiger charge is 2.11. The van der Waals surface area contributed by atoms with Gasteiger partial charge in [-0.3, -0.25) is 4.79 Å². The summed E-state index contributed by atoms with van der Waals surface area (Å²) in [5.74, 6) is 0.838. The van der Waals surface area contributed by atoms with Crippen LogP contribution in [0.4, 0.5) is 5.82 Å². The van der Waals surface area contributed by atoms with Crippen LogP contribution in [0.3, 0.4) is 0 Å². The molecule has 5 heteroatoms. The first-order valence-corrected chi connectivity index (χ1v) is 7.14. The Balaban J connectivity index is 2.50. The number of hydrogen-bond donors (Lipinski definition) is 1. The van der Waals surface area contributed by atoms with Crippen LogP contribution in [0.5, 0.6) is 0 Å². The third kappa shape index (κ3) is 5.57. The van der Waals surface area contributed by atoms with E-state index in [-0.39, 0.29) is 5.91 Å². The van der Waals surface area contributed by atoms with E-state index in [4.69, 9.17) is 0 Å². The summed E-state index contributed by atoms with van der Waals surface area (Å²) in [6, 6.07) is 3.69. The fourth-order valence-electron chi connectivity index (χ4n) is 1.75. The Morgan fingerprint density at radius 2 is 2.00 bits per heavy atom. The predicted octanol–water partition coefficient (Wildman–Crippen LogP) is 1.93. The molecule has 0 bridgehead atoms. The Kier molecular flexibility index (Phi) is 7.01. The van der Waals surface area contributed by atoms with Crippen molar-refractivity contribution in [1.82, 2.24) is 14.8 Å². The molecule has 0 radical (unpaired) electrons. The summed E-state index contributed by atoms with van der Waals surface area (Å²) in [6.45, 7) is 4.69. The van der Waals surface area contributed by atoms with Gasteiger partial charge in [-0.2, -0.15) is 0 Å². The van der Waals surface area contributed by atoms with Crippen LogP contribution >= 0.6 is 0 Å². The number of likely N-dealkylation sites (N-methyl/N-ethyl adjacent to an activating group) is 1. The van der Waals surface area contributed by atoms with Crippen molar-refractivity contribution in [2.75, 3.05) is 46.1 Å². The van der Waals surface area contributed by atoms with Gasteiger partial charge in [-0.25, -0.2) is 4.98 Å². The van der Waals surface area contributed by atoms with E-state index in [1.54, 1.807) is 11.1 Å². The second kappa shape index (κ2) is 8.53. The molecule has 1 aromatic rings. The van der Waals surface area contributed by atoms with Crippen LogP contribution in [0.1, 0.15) is 30.1 Å². The number of amides is 1.